The maximum absolute atomic E-state index is 3.38. The van der Waals surface area contributed by atoms with Gasteiger partial charge in [-0.25, -0.2) is 0 Å². The van der Waals surface area contributed by atoms with Crippen LogP contribution in [-0.4, -0.2) is 37.6 Å². The Balaban J connectivity index is 1.99. The quantitative estimate of drug-likeness (QED) is 0.839. The summed E-state index contributed by atoms with van der Waals surface area (Å²) < 4.78 is 0. The van der Waals surface area contributed by atoms with Gasteiger partial charge in [-0.05, 0) is 69.5 Å². The SMILES string of the molecule is CNCC1CCCN(C2CC(C)CCC2C(C)C)C1. The Morgan fingerprint density at radius 2 is 2.00 bits per heavy atom. The average molecular weight is 266 g/mol. The summed E-state index contributed by atoms with van der Waals surface area (Å²) in [5, 5.41) is 3.38. The van der Waals surface area contributed by atoms with Gasteiger partial charge in [0, 0.05) is 12.6 Å². The van der Waals surface area contributed by atoms with Crippen molar-refractivity contribution >= 4 is 0 Å². The van der Waals surface area contributed by atoms with E-state index in [4.69, 9.17) is 0 Å². The number of hydrogen-bond acceptors (Lipinski definition) is 2. The fraction of sp³-hybridized carbons (Fsp3) is 1.00. The molecule has 19 heavy (non-hydrogen) atoms. The zero-order valence-corrected chi connectivity index (χ0v) is 13.5. The molecule has 0 radical (unpaired) electrons. The van der Waals surface area contributed by atoms with Crippen LogP contribution in [0.1, 0.15) is 52.9 Å². The van der Waals surface area contributed by atoms with Crippen molar-refractivity contribution in [2.24, 2.45) is 23.7 Å². The summed E-state index contributed by atoms with van der Waals surface area (Å²) in [6.07, 6.45) is 7.17. The van der Waals surface area contributed by atoms with E-state index in [1.807, 2.05) is 0 Å². The molecule has 2 rings (SSSR count). The Hall–Kier alpha value is -0.0800. The van der Waals surface area contributed by atoms with Gasteiger partial charge in [-0.3, -0.25) is 4.90 Å². The second-order valence-corrected chi connectivity index (χ2v) is 7.45. The normalized spacial score (nSPS) is 37.7. The average Bonchev–Trinajstić information content (AvgIpc) is 2.39. The summed E-state index contributed by atoms with van der Waals surface area (Å²) in [4.78, 5) is 2.85. The molecule has 2 aliphatic rings. The maximum Gasteiger partial charge on any atom is 0.0129 e. The first-order valence-corrected chi connectivity index (χ1v) is 8.50. The van der Waals surface area contributed by atoms with Gasteiger partial charge < -0.3 is 5.32 Å². The second-order valence-electron chi connectivity index (χ2n) is 7.45. The highest BCUT2D eigenvalue weighted by Gasteiger charge is 2.36. The Morgan fingerprint density at radius 3 is 2.68 bits per heavy atom. The minimum atomic E-state index is 0.849. The third-order valence-corrected chi connectivity index (χ3v) is 5.50. The smallest absolute Gasteiger partial charge is 0.0129 e. The van der Waals surface area contributed by atoms with E-state index in [1.54, 1.807) is 0 Å². The van der Waals surface area contributed by atoms with Crippen molar-refractivity contribution in [1.29, 1.82) is 0 Å². The van der Waals surface area contributed by atoms with Gasteiger partial charge in [0.05, 0.1) is 0 Å². The number of nitrogens with one attached hydrogen (secondary N) is 1. The van der Waals surface area contributed by atoms with Crippen LogP contribution in [0.2, 0.25) is 0 Å². The van der Waals surface area contributed by atoms with Crippen molar-refractivity contribution < 1.29 is 0 Å². The van der Waals surface area contributed by atoms with E-state index >= 15 is 0 Å². The predicted molar refractivity (Wildman–Crippen MR) is 83.4 cm³/mol. The first kappa shape index (κ1) is 15.3. The second kappa shape index (κ2) is 7.08. The molecule has 2 heteroatoms. The largest absolute Gasteiger partial charge is 0.319 e. The molecule has 1 aliphatic heterocycles. The van der Waals surface area contributed by atoms with Crippen LogP contribution >= 0.6 is 0 Å². The molecule has 0 spiro atoms. The summed E-state index contributed by atoms with van der Waals surface area (Å²) in [7, 11) is 2.10. The van der Waals surface area contributed by atoms with Crippen LogP contribution in [0.15, 0.2) is 0 Å². The predicted octanol–water partition coefficient (Wildman–Crippen LogP) is 3.38. The molecule has 1 N–H and O–H groups in total. The number of piperidine rings is 1. The fourth-order valence-corrected chi connectivity index (χ4v) is 4.43. The molecular weight excluding hydrogens is 232 g/mol. The van der Waals surface area contributed by atoms with Crippen LogP contribution in [0.5, 0.6) is 0 Å². The number of nitrogens with zero attached hydrogens (tertiary/aromatic N) is 1. The van der Waals surface area contributed by atoms with Crippen LogP contribution < -0.4 is 5.32 Å². The van der Waals surface area contributed by atoms with Crippen molar-refractivity contribution in [3.05, 3.63) is 0 Å². The highest BCUT2D eigenvalue weighted by atomic mass is 15.2. The first-order valence-electron chi connectivity index (χ1n) is 8.50. The lowest BCUT2D eigenvalue weighted by atomic mass is 9.72. The van der Waals surface area contributed by atoms with Gasteiger partial charge in [0.2, 0.25) is 0 Å². The molecule has 0 amide bonds. The lowest BCUT2D eigenvalue weighted by Gasteiger charge is -2.47. The van der Waals surface area contributed by atoms with Gasteiger partial charge in [0.1, 0.15) is 0 Å². The van der Waals surface area contributed by atoms with Crippen LogP contribution in [0.25, 0.3) is 0 Å². The standard InChI is InChI=1S/C17H34N2/c1-13(2)16-8-7-14(3)10-17(16)19-9-5-6-15(12-19)11-18-4/h13-18H,5-12H2,1-4H3. The molecule has 1 aliphatic carbocycles. The molecule has 1 saturated heterocycles. The monoisotopic (exact) mass is 266 g/mol. The van der Waals surface area contributed by atoms with Crippen molar-refractivity contribution in [1.82, 2.24) is 10.2 Å². The van der Waals surface area contributed by atoms with Crippen LogP contribution in [0.3, 0.4) is 0 Å². The molecule has 1 heterocycles. The topological polar surface area (TPSA) is 15.3 Å². The maximum atomic E-state index is 3.38. The zero-order chi connectivity index (χ0) is 13.8. The Morgan fingerprint density at radius 1 is 1.21 bits per heavy atom. The van der Waals surface area contributed by atoms with E-state index in [0.29, 0.717) is 0 Å². The van der Waals surface area contributed by atoms with Crippen LogP contribution in [0, 0.1) is 23.7 Å². The summed E-state index contributed by atoms with van der Waals surface area (Å²) >= 11 is 0. The third-order valence-electron chi connectivity index (χ3n) is 5.50. The van der Waals surface area contributed by atoms with E-state index < -0.39 is 0 Å². The number of hydrogen-bond donors (Lipinski definition) is 1. The van der Waals surface area contributed by atoms with Crippen LogP contribution in [0.4, 0.5) is 0 Å². The Kier molecular flexibility index (Phi) is 5.70. The zero-order valence-electron chi connectivity index (χ0n) is 13.5. The van der Waals surface area contributed by atoms with E-state index in [0.717, 1.165) is 29.7 Å². The summed E-state index contributed by atoms with van der Waals surface area (Å²) in [6, 6.07) is 0.864. The van der Waals surface area contributed by atoms with E-state index in [2.05, 4.69) is 38.0 Å². The minimum absolute atomic E-state index is 0.849. The van der Waals surface area contributed by atoms with Crippen molar-refractivity contribution in [2.75, 3.05) is 26.7 Å². The lowest BCUT2D eigenvalue weighted by Crippen LogP contribution is -2.50. The number of rotatable bonds is 4. The van der Waals surface area contributed by atoms with E-state index in [9.17, 15) is 0 Å². The summed E-state index contributed by atoms with van der Waals surface area (Å²) in [5.41, 5.74) is 0. The van der Waals surface area contributed by atoms with Gasteiger partial charge in [0.25, 0.3) is 0 Å². The van der Waals surface area contributed by atoms with Gasteiger partial charge >= 0.3 is 0 Å². The highest BCUT2D eigenvalue weighted by molar-refractivity contribution is 4.89. The van der Waals surface area contributed by atoms with E-state index in [-0.39, 0.29) is 0 Å². The first-order chi connectivity index (χ1) is 9.11. The molecular formula is C17H34N2. The minimum Gasteiger partial charge on any atom is -0.319 e. The lowest BCUT2D eigenvalue weighted by molar-refractivity contribution is 0.0300. The van der Waals surface area contributed by atoms with Crippen molar-refractivity contribution in [3.8, 4) is 0 Å². The summed E-state index contributed by atoms with van der Waals surface area (Å²) in [5.74, 6) is 3.60. The molecule has 0 aromatic heterocycles. The summed E-state index contributed by atoms with van der Waals surface area (Å²) in [6.45, 7) is 11.2. The van der Waals surface area contributed by atoms with Gasteiger partial charge in [-0.15, -0.1) is 0 Å². The molecule has 0 aromatic carbocycles. The van der Waals surface area contributed by atoms with Crippen molar-refractivity contribution in [3.63, 3.8) is 0 Å². The van der Waals surface area contributed by atoms with E-state index in [1.165, 1.54) is 51.7 Å². The molecule has 2 nitrogen and oxygen atoms in total. The molecule has 4 atom stereocenters. The number of likely N-dealkylation sites (tertiary alicyclic amines) is 1. The molecule has 1 saturated carbocycles. The van der Waals surface area contributed by atoms with Crippen molar-refractivity contribution in [2.45, 2.75) is 58.9 Å². The molecule has 112 valence electrons. The Labute approximate surface area is 120 Å². The fourth-order valence-electron chi connectivity index (χ4n) is 4.43. The molecule has 0 aromatic rings. The van der Waals surface area contributed by atoms with Gasteiger partial charge in [0.15, 0.2) is 0 Å². The van der Waals surface area contributed by atoms with Gasteiger partial charge in [-0.2, -0.15) is 0 Å². The van der Waals surface area contributed by atoms with Gasteiger partial charge in [-0.1, -0.05) is 27.2 Å². The Bertz CT molecular complexity index is 262. The third kappa shape index (κ3) is 3.95. The molecule has 2 fully saturated rings. The van der Waals surface area contributed by atoms with Crippen LogP contribution in [-0.2, 0) is 0 Å². The molecule has 4 unspecified atom stereocenters. The highest BCUT2D eigenvalue weighted by Crippen LogP contribution is 2.37. The molecule has 0 bridgehead atoms.